The molecule has 0 atom stereocenters. The van der Waals surface area contributed by atoms with Crippen LogP contribution in [0.25, 0.3) is 10.2 Å². The molecule has 0 spiro atoms. The van der Waals surface area contributed by atoms with Crippen LogP contribution in [-0.4, -0.2) is 23.2 Å². The van der Waals surface area contributed by atoms with Gasteiger partial charge < -0.3 is 0 Å². The van der Waals surface area contributed by atoms with Crippen LogP contribution in [0.5, 0.6) is 0 Å². The van der Waals surface area contributed by atoms with Crippen molar-refractivity contribution in [2.24, 2.45) is 0 Å². The molecule has 1 saturated heterocycles. The van der Waals surface area contributed by atoms with Crippen molar-refractivity contribution in [1.82, 2.24) is 4.98 Å². The zero-order chi connectivity index (χ0) is 12.0. The summed E-state index contributed by atoms with van der Waals surface area (Å²) < 4.78 is 13.8. The van der Waals surface area contributed by atoms with Crippen molar-refractivity contribution >= 4 is 38.4 Å². The average molecular weight is 250 g/mol. The zero-order valence-corrected chi connectivity index (χ0v) is 9.46. The smallest absolute Gasteiger partial charge is 0.236 e. The van der Waals surface area contributed by atoms with E-state index in [0.717, 1.165) is 4.70 Å². The minimum Gasteiger partial charge on any atom is -0.297 e. The van der Waals surface area contributed by atoms with E-state index in [0.29, 0.717) is 10.6 Å². The third-order valence-corrected chi connectivity index (χ3v) is 3.61. The van der Waals surface area contributed by atoms with Gasteiger partial charge in [0.1, 0.15) is 5.82 Å². The van der Waals surface area contributed by atoms with Crippen LogP contribution in [0.2, 0.25) is 0 Å². The number of carbonyl (C=O) groups excluding carboxylic acids is 2. The lowest BCUT2D eigenvalue weighted by Crippen LogP contribution is -2.24. The minimum atomic E-state index is -0.363. The number of Topliss-reactive ketones (excluding diaryl/α,β-unsaturated/α-hetero) is 1. The first kappa shape index (κ1) is 10.3. The highest BCUT2D eigenvalue weighted by molar-refractivity contribution is 7.22. The van der Waals surface area contributed by atoms with Crippen molar-refractivity contribution in [1.29, 1.82) is 0 Å². The van der Waals surface area contributed by atoms with Gasteiger partial charge in [0, 0.05) is 6.07 Å². The second kappa shape index (κ2) is 3.59. The number of benzene rings is 1. The lowest BCUT2D eigenvalue weighted by Gasteiger charge is -2.08. The molecule has 1 aliphatic heterocycles. The molecule has 0 saturated carbocycles. The number of rotatable bonds is 1. The van der Waals surface area contributed by atoms with Crippen molar-refractivity contribution in [2.75, 3.05) is 11.4 Å². The summed E-state index contributed by atoms with van der Waals surface area (Å²) in [5, 5.41) is 0.460. The molecule has 1 amide bonds. The normalized spacial score (nSPS) is 16.2. The molecule has 4 nitrogen and oxygen atoms in total. The Bertz CT molecular complexity index is 637. The van der Waals surface area contributed by atoms with Gasteiger partial charge in [0.2, 0.25) is 5.91 Å². The number of amides is 1. The van der Waals surface area contributed by atoms with Crippen LogP contribution in [0.4, 0.5) is 9.52 Å². The van der Waals surface area contributed by atoms with Gasteiger partial charge in [-0.2, -0.15) is 0 Å². The van der Waals surface area contributed by atoms with Gasteiger partial charge in [-0.15, -0.1) is 0 Å². The molecule has 1 fully saturated rings. The third kappa shape index (κ3) is 1.70. The standard InChI is InChI=1S/C11H7FN2O2S/c12-6-1-2-9-8(3-6)13-11(17-9)14-5-7(15)4-10(14)16/h1-3H,4-5H2. The largest absolute Gasteiger partial charge is 0.297 e. The Labute approximate surface area is 99.7 Å². The van der Waals surface area contributed by atoms with Crippen molar-refractivity contribution in [3.63, 3.8) is 0 Å². The Morgan fingerprint density at radius 2 is 2.18 bits per heavy atom. The second-order valence-corrected chi connectivity index (χ2v) is 4.81. The van der Waals surface area contributed by atoms with E-state index >= 15 is 0 Å². The second-order valence-electron chi connectivity index (χ2n) is 3.80. The minimum absolute atomic E-state index is 0.0652. The molecule has 1 aliphatic rings. The van der Waals surface area contributed by atoms with Crippen molar-refractivity contribution in [2.45, 2.75) is 6.42 Å². The van der Waals surface area contributed by atoms with Gasteiger partial charge in [-0.1, -0.05) is 11.3 Å². The summed E-state index contributed by atoms with van der Waals surface area (Å²) in [6, 6.07) is 4.28. The quantitative estimate of drug-likeness (QED) is 0.724. The molecule has 17 heavy (non-hydrogen) atoms. The van der Waals surface area contributed by atoms with Crippen LogP contribution in [-0.2, 0) is 9.59 Å². The fourth-order valence-corrected chi connectivity index (χ4v) is 2.73. The highest BCUT2D eigenvalue weighted by atomic mass is 32.1. The molecule has 2 aromatic rings. The Hall–Kier alpha value is -1.82. The molecule has 86 valence electrons. The van der Waals surface area contributed by atoms with Crippen LogP contribution in [0.3, 0.4) is 0 Å². The van der Waals surface area contributed by atoms with E-state index in [-0.39, 0.29) is 30.5 Å². The van der Waals surface area contributed by atoms with E-state index in [1.165, 1.54) is 28.4 Å². The molecule has 6 heteroatoms. The van der Waals surface area contributed by atoms with E-state index in [4.69, 9.17) is 0 Å². The maximum atomic E-state index is 13.0. The number of fused-ring (bicyclic) bond motifs is 1. The highest BCUT2D eigenvalue weighted by Crippen LogP contribution is 2.30. The molecule has 2 heterocycles. The molecule has 0 unspecified atom stereocenters. The van der Waals surface area contributed by atoms with Crippen LogP contribution < -0.4 is 4.90 Å². The summed E-state index contributed by atoms with van der Waals surface area (Å²) in [7, 11) is 0. The molecular weight excluding hydrogens is 243 g/mol. The van der Waals surface area contributed by atoms with Gasteiger partial charge in [-0.05, 0) is 12.1 Å². The van der Waals surface area contributed by atoms with E-state index in [1.54, 1.807) is 6.07 Å². The lowest BCUT2D eigenvalue weighted by molar-refractivity contribution is -0.121. The van der Waals surface area contributed by atoms with Crippen LogP contribution in [0, 0.1) is 5.82 Å². The first-order chi connectivity index (χ1) is 8.13. The summed E-state index contributed by atoms with van der Waals surface area (Å²) in [4.78, 5) is 28.2. The molecule has 3 rings (SSSR count). The van der Waals surface area contributed by atoms with Gasteiger partial charge in [0.15, 0.2) is 10.9 Å². The van der Waals surface area contributed by atoms with E-state index < -0.39 is 0 Å². The molecule has 0 aliphatic carbocycles. The fourth-order valence-electron chi connectivity index (χ4n) is 1.76. The Balaban J connectivity index is 2.06. The van der Waals surface area contributed by atoms with Gasteiger partial charge in [0.25, 0.3) is 0 Å². The molecule has 0 N–H and O–H groups in total. The summed E-state index contributed by atoms with van der Waals surface area (Å²) in [6.45, 7) is 0.0706. The predicted octanol–water partition coefficient (Wildman–Crippen LogP) is 1.74. The van der Waals surface area contributed by atoms with Crippen LogP contribution in [0.1, 0.15) is 6.42 Å². The first-order valence-corrected chi connectivity index (χ1v) is 5.83. The maximum absolute atomic E-state index is 13.0. The Morgan fingerprint density at radius 1 is 1.35 bits per heavy atom. The van der Waals surface area contributed by atoms with Crippen LogP contribution >= 0.6 is 11.3 Å². The predicted molar refractivity (Wildman–Crippen MR) is 61.6 cm³/mol. The molecule has 0 bridgehead atoms. The molecule has 0 radical (unpaired) electrons. The fraction of sp³-hybridized carbons (Fsp3) is 0.182. The van der Waals surface area contributed by atoms with Gasteiger partial charge in [-0.25, -0.2) is 9.37 Å². The Morgan fingerprint density at radius 3 is 2.88 bits per heavy atom. The molecular formula is C11H7FN2O2S. The number of aromatic nitrogens is 1. The monoisotopic (exact) mass is 250 g/mol. The zero-order valence-electron chi connectivity index (χ0n) is 8.64. The van der Waals surface area contributed by atoms with E-state index in [2.05, 4.69) is 4.98 Å². The molecule has 1 aromatic heterocycles. The number of ketones is 1. The summed E-state index contributed by atoms with van der Waals surface area (Å²) >= 11 is 1.28. The van der Waals surface area contributed by atoms with E-state index in [1.807, 2.05) is 0 Å². The number of anilines is 1. The first-order valence-electron chi connectivity index (χ1n) is 5.01. The number of carbonyl (C=O) groups is 2. The average Bonchev–Trinajstić information content (AvgIpc) is 2.80. The number of hydrogen-bond donors (Lipinski definition) is 0. The summed E-state index contributed by atoms with van der Waals surface area (Å²) in [5.41, 5.74) is 0.511. The number of thiazole rings is 1. The molecule has 1 aromatic carbocycles. The lowest BCUT2D eigenvalue weighted by atomic mass is 10.3. The Kier molecular flexibility index (Phi) is 2.19. The van der Waals surface area contributed by atoms with Gasteiger partial charge in [-0.3, -0.25) is 14.5 Å². The number of hydrogen-bond acceptors (Lipinski definition) is 4. The van der Waals surface area contributed by atoms with Crippen molar-refractivity contribution in [3.05, 3.63) is 24.0 Å². The highest BCUT2D eigenvalue weighted by Gasteiger charge is 2.30. The van der Waals surface area contributed by atoms with E-state index in [9.17, 15) is 14.0 Å². The van der Waals surface area contributed by atoms with Crippen molar-refractivity contribution in [3.8, 4) is 0 Å². The third-order valence-electron chi connectivity index (χ3n) is 2.55. The van der Waals surface area contributed by atoms with Crippen molar-refractivity contribution < 1.29 is 14.0 Å². The van der Waals surface area contributed by atoms with Crippen LogP contribution in [0.15, 0.2) is 18.2 Å². The number of halogens is 1. The SMILES string of the molecule is O=C1CC(=O)N(c2nc3cc(F)ccc3s2)C1. The number of nitrogens with zero attached hydrogens (tertiary/aromatic N) is 2. The summed E-state index contributed by atoms with van der Waals surface area (Å²) in [5.74, 6) is -0.715. The van der Waals surface area contributed by atoms with Gasteiger partial charge >= 0.3 is 0 Å². The van der Waals surface area contributed by atoms with Gasteiger partial charge in [0.05, 0.1) is 23.2 Å². The summed E-state index contributed by atoms with van der Waals surface area (Å²) in [6.07, 6.45) is -0.0652. The topological polar surface area (TPSA) is 50.3 Å². The maximum Gasteiger partial charge on any atom is 0.236 e.